The van der Waals surface area contributed by atoms with Crippen LogP contribution in [-0.4, -0.2) is 54.0 Å². The predicted octanol–water partition coefficient (Wildman–Crippen LogP) is 5.25. The van der Waals surface area contributed by atoms with Crippen molar-refractivity contribution >= 4 is 29.6 Å². The molecule has 1 amide bonds. The number of rotatable bonds is 13. The maximum atomic E-state index is 14.1. The van der Waals surface area contributed by atoms with Crippen molar-refractivity contribution in [3.05, 3.63) is 84.4 Å². The monoisotopic (exact) mass is 575 g/mol. The van der Waals surface area contributed by atoms with Crippen LogP contribution in [0.4, 0.5) is 4.79 Å². The average molecular weight is 576 g/mol. The van der Waals surface area contributed by atoms with E-state index >= 15 is 0 Å². The molecule has 39 heavy (non-hydrogen) atoms. The molecule has 1 atom stereocenters. The molecule has 208 valence electrons. The highest BCUT2D eigenvalue weighted by molar-refractivity contribution is 7.99. The highest BCUT2D eigenvalue weighted by Gasteiger charge is 2.36. The second kappa shape index (κ2) is 14.4. The quantitative estimate of drug-likeness (QED) is 0.199. The fourth-order valence-corrected chi connectivity index (χ4v) is 6.16. The van der Waals surface area contributed by atoms with Gasteiger partial charge in [-0.2, -0.15) is 0 Å². The van der Waals surface area contributed by atoms with Gasteiger partial charge in [-0.3, -0.25) is 9.59 Å². The van der Waals surface area contributed by atoms with E-state index in [4.69, 9.17) is 23.3 Å². The van der Waals surface area contributed by atoms with Gasteiger partial charge in [0.15, 0.2) is 0 Å². The van der Waals surface area contributed by atoms with E-state index in [9.17, 15) is 18.4 Å². The lowest BCUT2D eigenvalue weighted by Crippen LogP contribution is -2.39. The van der Waals surface area contributed by atoms with E-state index < -0.39 is 42.4 Å². The molecule has 0 fully saturated rings. The van der Waals surface area contributed by atoms with Gasteiger partial charge in [0.05, 0.1) is 26.6 Å². The summed E-state index contributed by atoms with van der Waals surface area (Å²) in [5.41, 5.74) is 0.660. The van der Waals surface area contributed by atoms with Gasteiger partial charge in [0.25, 0.3) is 0 Å². The van der Waals surface area contributed by atoms with Crippen LogP contribution in [0.2, 0.25) is 0 Å². The molecule has 0 aromatic heterocycles. The Bertz CT molecular complexity index is 1250. The summed E-state index contributed by atoms with van der Waals surface area (Å²) in [6.45, 7) is 1.08. The minimum Gasteiger partial charge on any atom is -0.497 e. The van der Waals surface area contributed by atoms with E-state index in [0.717, 1.165) is 4.90 Å². The highest BCUT2D eigenvalue weighted by Crippen LogP contribution is 2.49. The number of carbonyl (C=O) groups is 2. The van der Waals surface area contributed by atoms with E-state index in [1.54, 1.807) is 61.5 Å². The molecule has 0 radical (unpaired) electrons. The van der Waals surface area contributed by atoms with E-state index in [1.165, 1.54) is 38.5 Å². The maximum Gasteiger partial charge on any atom is 0.450 e. The number of nitrogens with zero attached hydrogens (tertiary/aromatic N) is 1. The van der Waals surface area contributed by atoms with E-state index in [2.05, 4.69) is 0 Å². The number of hydrogen-bond acceptors (Lipinski definition) is 9. The molecular formula is C27H30NO9PS. The fraction of sp³-hybridized carbons (Fsp3) is 0.259. The van der Waals surface area contributed by atoms with Crippen LogP contribution < -0.4 is 18.5 Å². The molecule has 0 saturated carbocycles. The smallest absolute Gasteiger partial charge is 0.450 e. The Kier molecular flexibility index (Phi) is 11.0. The van der Waals surface area contributed by atoms with Crippen molar-refractivity contribution in [3.8, 4) is 23.0 Å². The van der Waals surface area contributed by atoms with Crippen molar-refractivity contribution in [2.24, 2.45) is 0 Å². The van der Waals surface area contributed by atoms with Gasteiger partial charge >= 0.3 is 18.8 Å². The predicted molar refractivity (Wildman–Crippen MR) is 147 cm³/mol. The lowest BCUT2D eigenvalue weighted by molar-refractivity contribution is -0.143. The van der Waals surface area contributed by atoms with Gasteiger partial charge < -0.3 is 28.2 Å². The second-order valence-electron chi connectivity index (χ2n) is 8.03. The molecule has 0 bridgehead atoms. The molecule has 0 spiro atoms. The highest BCUT2D eigenvalue weighted by atomic mass is 32.2. The minimum atomic E-state index is -4.24. The largest absolute Gasteiger partial charge is 0.497 e. The zero-order valence-corrected chi connectivity index (χ0v) is 23.5. The van der Waals surface area contributed by atoms with Gasteiger partial charge in [-0.15, -0.1) is 0 Å². The van der Waals surface area contributed by atoms with Crippen LogP contribution in [0, 0.1) is 0 Å². The summed E-state index contributed by atoms with van der Waals surface area (Å²) in [7, 11) is -3.32. The van der Waals surface area contributed by atoms with Crippen LogP contribution in [0.5, 0.6) is 23.0 Å². The van der Waals surface area contributed by atoms with Crippen molar-refractivity contribution in [1.82, 2.24) is 4.90 Å². The molecule has 3 aromatic rings. The number of methoxy groups -OCH3 is 2. The zero-order valence-electron chi connectivity index (χ0n) is 21.8. The summed E-state index contributed by atoms with van der Waals surface area (Å²) in [5, 5.41) is -0.913. The molecule has 10 nitrogen and oxygen atoms in total. The number of ether oxygens (including phenoxy) is 3. The first-order valence-corrected chi connectivity index (χ1v) is 14.9. The molecule has 0 saturated heterocycles. The maximum absolute atomic E-state index is 14.1. The van der Waals surface area contributed by atoms with Crippen molar-refractivity contribution in [3.63, 3.8) is 0 Å². The first-order valence-electron chi connectivity index (χ1n) is 11.9. The second-order valence-corrected chi connectivity index (χ2v) is 11.2. The molecule has 1 unspecified atom stereocenters. The summed E-state index contributed by atoms with van der Waals surface area (Å²) >= 11 is 0. The summed E-state index contributed by atoms with van der Waals surface area (Å²) in [6, 6.07) is 21.3. The molecule has 0 aliphatic carbocycles. The first-order chi connectivity index (χ1) is 18.7. The van der Waals surface area contributed by atoms with Crippen LogP contribution in [0.1, 0.15) is 12.5 Å². The third-order valence-electron chi connectivity index (χ3n) is 5.17. The van der Waals surface area contributed by atoms with Gasteiger partial charge in [-0.1, -0.05) is 30.3 Å². The molecule has 0 N–H and O–H groups in total. The van der Waals surface area contributed by atoms with Crippen LogP contribution in [0.3, 0.4) is 0 Å². The summed E-state index contributed by atoms with van der Waals surface area (Å²) < 4.78 is 54.0. The molecule has 0 heterocycles. The standard InChI is InChI=1S/C27H30NO9PS/c1-4-35-26(29)18-28(27(30)39(32)19-21-8-6-5-7-9-21)20-38(31,36-24-14-10-22(33-2)11-15-24)37-25-16-12-23(34-3)13-17-25/h5-17H,4,18-20H2,1-3H3. The number of amides is 1. The third kappa shape index (κ3) is 9.15. The van der Waals surface area contributed by atoms with Crippen molar-refractivity contribution in [2.75, 3.05) is 33.7 Å². The number of benzene rings is 3. The van der Waals surface area contributed by atoms with Crippen LogP contribution >= 0.6 is 7.60 Å². The normalized spacial score (nSPS) is 11.7. The molecular weight excluding hydrogens is 545 g/mol. The number of carbonyl (C=O) groups excluding carboxylic acids is 2. The topological polar surface area (TPSA) is 118 Å². The molecule has 3 aromatic carbocycles. The zero-order chi connectivity index (χ0) is 28.3. The van der Waals surface area contributed by atoms with Gasteiger partial charge in [-0.05, 0) is 61.0 Å². The summed E-state index contributed by atoms with van der Waals surface area (Å²) in [5.74, 6) is 0.570. The van der Waals surface area contributed by atoms with Crippen molar-refractivity contribution in [2.45, 2.75) is 12.7 Å². The van der Waals surface area contributed by atoms with Crippen LogP contribution in [0.25, 0.3) is 0 Å². The number of esters is 1. The van der Waals surface area contributed by atoms with Crippen molar-refractivity contribution in [1.29, 1.82) is 0 Å². The third-order valence-corrected chi connectivity index (χ3v) is 8.08. The molecule has 0 aliphatic heterocycles. The molecule has 0 aliphatic rings. The van der Waals surface area contributed by atoms with Gasteiger partial charge in [-0.25, -0.2) is 8.77 Å². The Balaban J connectivity index is 1.92. The Morgan fingerprint density at radius 1 is 0.795 bits per heavy atom. The van der Waals surface area contributed by atoms with E-state index in [-0.39, 0.29) is 23.9 Å². The van der Waals surface area contributed by atoms with Crippen molar-refractivity contribution < 1.29 is 41.6 Å². The van der Waals surface area contributed by atoms with E-state index in [1.807, 2.05) is 0 Å². The SMILES string of the molecule is CCOC(=O)CN(CP(=O)(Oc1ccc(OC)cc1)Oc1ccc(OC)cc1)C(=O)S(=O)Cc1ccccc1. The Labute approximate surface area is 229 Å². The lowest BCUT2D eigenvalue weighted by Gasteiger charge is -2.27. The molecule has 12 heteroatoms. The average Bonchev–Trinajstić information content (AvgIpc) is 2.93. The van der Waals surface area contributed by atoms with Gasteiger partial charge in [0.2, 0.25) is 0 Å². The first kappa shape index (κ1) is 29.7. The summed E-state index contributed by atoms with van der Waals surface area (Å²) in [6.07, 6.45) is -0.677. The van der Waals surface area contributed by atoms with Gasteiger partial charge in [0.1, 0.15) is 46.6 Å². The minimum absolute atomic E-state index is 0.0658. The summed E-state index contributed by atoms with van der Waals surface area (Å²) in [4.78, 5) is 26.5. The Morgan fingerprint density at radius 2 is 1.28 bits per heavy atom. The Morgan fingerprint density at radius 3 is 1.74 bits per heavy atom. The van der Waals surface area contributed by atoms with Crippen LogP contribution in [-0.2, 0) is 30.6 Å². The fourth-order valence-electron chi connectivity index (χ4n) is 3.35. The molecule has 3 rings (SSSR count). The van der Waals surface area contributed by atoms with E-state index in [0.29, 0.717) is 17.1 Å². The number of hydrogen-bond donors (Lipinski definition) is 0. The lowest BCUT2D eigenvalue weighted by atomic mass is 10.2. The Hall–Kier alpha value is -3.82. The van der Waals surface area contributed by atoms with Gasteiger partial charge in [0, 0.05) is 0 Å². The van der Waals surface area contributed by atoms with Crippen LogP contribution in [0.15, 0.2) is 78.9 Å².